The lowest BCUT2D eigenvalue weighted by atomic mass is 9.86. The van der Waals surface area contributed by atoms with Gasteiger partial charge in [0, 0.05) is 10.9 Å². The molecule has 0 radical (unpaired) electrons. The fourth-order valence-electron chi connectivity index (χ4n) is 2.81. The molecule has 1 aromatic carbocycles. The Bertz CT molecular complexity index is 1010. The van der Waals surface area contributed by atoms with Crippen LogP contribution in [0.1, 0.15) is 32.2 Å². The summed E-state index contributed by atoms with van der Waals surface area (Å²) in [5.41, 5.74) is 2.71. The van der Waals surface area contributed by atoms with E-state index in [9.17, 15) is 9.59 Å². The fourth-order valence-corrected chi connectivity index (χ4v) is 3.79. The number of rotatable bonds is 3. The van der Waals surface area contributed by atoms with Crippen molar-refractivity contribution < 1.29 is 9.90 Å². The predicted molar refractivity (Wildman–Crippen MR) is 100 cm³/mol. The van der Waals surface area contributed by atoms with E-state index < -0.39 is 5.97 Å². The Balaban J connectivity index is 2.18. The summed E-state index contributed by atoms with van der Waals surface area (Å²) in [6, 6.07) is 8.14. The minimum Gasteiger partial charge on any atom is -0.480 e. The van der Waals surface area contributed by atoms with Crippen LogP contribution in [0.2, 0.25) is 0 Å². The van der Waals surface area contributed by atoms with Crippen LogP contribution in [0.5, 0.6) is 0 Å². The number of thiophene rings is 1. The van der Waals surface area contributed by atoms with Gasteiger partial charge in [0.05, 0.1) is 5.39 Å². The highest BCUT2D eigenvalue weighted by Gasteiger charge is 2.18. The van der Waals surface area contributed by atoms with Crippen molar-refractivity contribution >= 4 is 27.5 Å². The zero-order valence-electron chi connectivity index (χ0n) is 14.7. The second kappa shape index (κ2) is 6.11. The van der Waals surface area contributed by atoms with Gasteiger partial charge in [0.15, 0.2) is 0 Å². The monoisotopic (exact) mass is 356 g/mol. The number of fused-ring (bicyclic) bond motifs is 1. The predicted octanol–water partition coefficient (Wildman–Crippen LogP) is 3.82. The first-order chi connectivity index (χ1) is 11.7. The summed E-state index contributed by atoms with van der Waals surface area (Å²) in [4.78, 5) is 28.9. The number of carboxylic acid groups (broad SMARTS) is 1. The molecule has 0 amide bonds. The van der Waals surface area contributed by atoms with E-state index in [1.807, 2.05) is 17.5 Å². The van der Waals surface area contributed by atoms with Crippen molar-refractivity contribution in [1.82, 2.24) is 9.55 Å². The number of aryl methyl sites for hydroxylation is 1. The molecule has 0 saturated carbocycles. The highest BCUT2D eigenvalue weighted by atomic mass is 32.1. The Morgan fingerprint density at radius 1 is 1.24 bits per heavy atom. The van der Waals surface area contributed by atoms with Crippen LogP contribution in [-0.4, -0.2) is 20.6 Å². The largest absolute Gasteiger partial charge is 0.480 e. The van der Waals surface area contributed by atoms with E-state index in [-0.39, 0.29) is 17.5 Å². The zero-order chi connectivity index (χ0) is 18.4. The third-order valence-corrected chi connectivity index (χ3v) is 5.11. The molecule has 1 N–H and O–H groups in total. The molecule has 2 aromatic heterocycles. The van der Waals surface area contributed by atoms with Crippen molar-refractivity contribution in [2.75, 3.05) is 0 Å². The van der Waals surface area contributed by atoms with Gasteiger partial charge in [-0.05, 0) is 23.5 Å². The molecule has 0 spiro atoms. The van der Waals surface area contributed by atoms with Crippen LogP contribution < -0.4 is 5.56 Å². The standard InChI is InChI=1S/C19H20N2O3S/c1-11-20-17-16(18(24)21(11)9-15(22)23)14(10-25-17)12-5-7-13(8-6-12)19(2,3)4/h5-8,10H,9H2,1-4H3,(H,22,23). The number of carbonyl (C=O) groups is 1. The summed E-state index contributed by atoms with van der Waals surface area (Å²) in [6.07, 6.45) is 0. The van der Waals surface area contributed by atoms with Crippen LogP contribution >= 0.6 is 11.3 Å². The molecule has 0 unspecified atom stereocenters. The van der Waals surface area contributed by atoms with Crippen molar-refractivity contribution in [3.63, 3.8) is 0 Å². The van der Waals surface area contributed by atoms with Gasteiger partial charge in [0.2, 0.25) is 0 Å². The van der Waals surface area contributed by atoms with Crippen LogP contribution in [0.4, 0.5) is 0 Å². The molecule has 0 atom stereocenters. The first kappa shape index (κ1) is 17.4. The van der Waals surface area contributed by atoms with Crippen molar-refractivity contribution in [1.29, 1.82) is 0 Å². The second-order valence-corrected chi connectivity index (χ2v) is 7.96. The Morgan fingerprint density at radius 3 is 2.44 bits per heavy atom. The quantitative estimate of drug-likeness (QED) is 0.774. The van der Waals surface area contributed by atoms with E-state index in [4.69, 9.17) is 5.11 Å². The molecule has 2 heterocycles. The molecule has 5 nitrogen and oxygen atoms in total. The molecule has 6 heteroatoms. The molecule has 3 rings (SSSR count). The number of benzene rings is 1. The maximum Gasteiger partial charge on any atom is 0.323 e. The smallest absolute Gasteiger partial charge is 0.323 e. The van der Waals surface area contributed by atoms with E-state index >= 15 is 0 Å². The van der Waals surface area contributed by atoms with Gasteiger partial charge in [0.25, 0.3) is 5.56 Å². The van der Waals surface area contributed by atoms with Crippen LogP contribution in [0.15, 0.2) is 34.4 Å². The lowest BCUT2D eigenvalue weighted by Gasteiger charge is -2.19. The summed E-state index contributed by atoms with van der Waals surface area (Å²) in [6.45, 7) is 7.73. The molecular weight excluding hydrogens is 336 g/mol. The number of hydrogen-bond donors (Lipinski definition) is 1. The molecule has 0 aliphatic heterocycles. The van der Waals surface area contributed by atoms with Crippen LogP contribution in [-0.2, 0) is 16.8 Å². The number of nitrogens with zero attached hydrogens (tertiary/aromatic N) is 2. The van der Waals surface area contributed by atoms with Crippen LogP contribution in [0, 0.1) is 6.92 Å². The summed E-state index contributed by atoms with van der Waals surface area (Å²) in [5.74, 6) is -0.644. The van der Waals surface area contributed by atoms with E-state index in [1.165, 1.54) is 21.5 Å². The van der Waals surface area contributed by atoms with Gasteiger partial charge < -0.3 is 5.11 Å². The molecule has 130 valence electrons. The summed E-state index contributed by atoms with van der Waals surface area (Å²) in [7, 11) is 0. The highest BCUT2D eigenvalue weighted by Crippen LogP contribution is 2.32. The Kier molecular flexibility index (Phi) is 4.24. The van der Waals surface area contributed by atoms with E-state index in [0.717, 1.165) is 11.1 Å². The minimum atomic E-state index is -1.06. The van der Waals surface area contributed by atoms with E-state index in [1.54, 1.807) is 6.92 Å². The first-order valence-electron chi connectivity index (χ1n) is 8.00. The van der Waals surface area contributed by atoms with Gasteiger partial charge >= 0.3 is 5.97 Å². The van der Waals surface area contributed by atoms with Crippen molar-refractivity contribution in [3.8, 4) is 11.1 Å². The lowest BCUT2D eigenvalue weighted by Crippen LogP contribution is -2.27. The molecule has 0 aliphatic rings. The number of carboxylic acids is 1. The van der Waals surface area contributed by atoms with Crippen molar-refractivity contribution in [2.45, 2.75) is 39.7 Å². The van der Waals surface area contributed by atoms with Gasteiger partial charge in [-0.25, -0.2) is 4.98 Å². The van der Waals surface area contributed by atoms with E-state index in [0.29, 0.717) is 16.0 Å². The third kappa shape index (κ3) is 3.22. The SMILES string of the molecule is Cc1nc2scc(-c3ccc(C(C)(C)C)cc3)c2c(=O)n1CC(=O)O. The number of hydrogen-bond acceptors (Lipinski definition) is 4. The zero-order valence-corrected chi connectivity index (χ0v) is 15.5. The Hall–Kier alpha value is -2.47. The average Bonchev–Trinajstić information content (AvgIpc) is 2.94. The summed E-state index contributed by atoms with van der Waals surface area (Å²) in [5, 5.41) is 11.4. The highest BCUT2D eigenvalue weighted by molar-refractivity contribution is 7.17. The molecule has 0 bridgehead atoms. The molecule has 0 fully saturated rings. The molecule has 0 saturated heterocycles. The average molecular weight is 356 g/mol. The number of aromatic nitrogens is 2. The lowest BCUT2D eigenvalue weighted by molar-refractivity contribution is -0.137. The van der Waals surface area contributed by atoms with Crippen molar-refractivity contribution in [2.24, 2.45) is 0 Å². The van der Waals surface area contributed by atoms with Gasteiger partial charge in [-0.2, -0.15) is 0 Å². The third-order valence-electron chi connectivity index (χ3n) is 4.24. The van der Waals surface area contributed by atoms with Crippen LogP contribution in [0.25, 0.3) is 21.3 Å². The fraction of sp³-hybridized carbons (Fsp3) is 0.316. The maximum atomic E-state index is 12.8. The molecule has 3 aromatic rings. The van der Waals surface area contributed by atoms with Gasteiger partial charge in [-0.3, -0.25) is 14.2 Å². The molecular formula is C19H20N2O3S. The number of aliphatic carboxylic acids is 1. The Labute approximate surface area is 149 Å². The normalized spacial score (nSPS) is 11.8. The summed E-state index contributed by atoms with van der Waals surface area (Å²) < 4.78 is 1.21. The van der Waals surface area contributed by atoms with Crippen molar-refractivity contribution in [3.05, 3.63) is 51.4 Å². The van der Waals surface area contributed by atoms with Gasteiger partial charge in [-0.15, -0.1) is 11.3 Å². The van der Waals surface area contributed by atoms with Gasteiger partial charge in [-0.1, -0.05) is 45.0 Å². The Morgan fingerprint density at radius 2 is 1.88 bits per heavy atom. The van der Waals surface area contributed by atoms with Crippen LogP contribution in [0.3, 0.4) is 0 Å². The topological polar surface area (TPSA) is 72.2 Å². The first-order valence-corrected chi connectivity index (χ1v) is 8.88. The summed E-state index contributed by atoms with van der Waals surface area (Å²) >= 11 is 1.40. The molecule has 0 aliphatic carbocycles. The minimum absolute atomic E-state index is 0.0577. The van der Waals surface area contributed by atoms with E-state index in [2.05, 4.69) is 37.9 Å². The van der Waals surface area contributed by atoms with Gasteiger partial charge in [0.1, 0.15) is 17.2 Å². The maximum absolute atomic E-state index is 12.8. The second-order valence-electron chi connectivity index (χ2n) is 7.10. The molecule has 25 heavy (non-hydrogen) atoms.